The van der Waals surface area contributed by atoms with Crippen LogP contribution in [0.3, 0.4) is 0 Å². The lowest BCUT2D eigenvalue weighted by Crippen LogP contribution is -2.92. The van der Waals surface area contributed by atoms with Crippen molar-refractivity contribution in [3.63, 3.8) is 0 Å². The first kappa shape index (κ1) is 19.0. The van der Waals surface area contributed by atoms with Crippen LogP contribution >= 0.6 is 0 Å². The number of rotatable bonds is 7. The van der Waals surface area contributed by atoms with Crippen LogP contribution in [0.4, 0.5) is 5.69 Å². The summed E-state index contributed by atoms with van der Waals surface area (Å²) in [5.41, 5.74) is 4.84. The lowest BCUT2D eigenvalue weighted by molar-refractivity contribution is -0.674. The minimum absolute atomic E-state index is 0.0515. The molecule has 0 unspecified atom stereocenters. The highest BCUT2D eigenvalue weighted by Crippen LogP contribution is 2.30. The second kappa shape index (κ2) is 8.27. The van der Waals surface area contributed by atoms with Crippen LogP contribution < -0.4 is 15.5 Å². The second-order valence-electron chi connectivity index (χ2n) is 7.20. The van der Waals surface area contributed by atoms with Crippen molar-refractivity contribution in [2.75, 3.05) is 32.6 Å². The van der Waals surface area contributed by atoms with E-state index in [0.717, 1.165) is 12.1 Å². The van der Waals surface area contributed by atoms with Crippen LogP contribution in [-0.2, 0) is 4.79 Å². The molecule has 0 spiro atoms. The highest BCUT2D eigenvalue weighted by Gasteiger charge is 2.23. The van der Waals surface area contributed by atoms with Gasteiger partial charge in [0.05, 0.1) is 12.5 Å². The van der Waals surface area contributed by atoms with Crippen molar-refractivity contribution in [2.24, 2.45) is 0 Å². The summed E-state index contributed by atoms with van der Waals surface area (Å²) in [7, 11) is 5.78. The Hall–Kier alpha value is -2.79. The normalized spacial score (nSPS) is 13.3. The number of H-pyrrole nitrogens is 1. The first-order valence-corrected chi connectivity index (χ1v) is 9.39. The number of likely N-dealkylation sites (N-methyl/N-ethyl adjacent to an activating group) is 1. The average Bonchev–Trinajstić information content (AvgIpc) is 3.11. The lowest BCUT2D eigenvalue weighted by atomic mass is 9.90. The molecule has 1 aromatic heterocycles. The van der Waals surface area contributed by atoms with Crippen molar-refractivity contribution >= 4 is 22.5 Å². The molecule has 5 nitrogen and oxygen atoms in total. The van der Waals surface area contributed by atoms with Gasteiger partial charge in [0.1, 0.15) is 0 Å². The molecule has 3 rings (SSSR count). The van der Waals surface area contributed by atoms with Crippen molar-refractivity contribution in [1.82, 2.24) is 10.3 Å². The topological polar surface area (TPSA) is 64.7 Å². The van der Waals surface area contributed by atoms with Crippen LogP contribution in [0.1, 0.15) is 24.0 Å². The van der Waals surface area contributed by atoms with E-state index < -0.39 is 0 Å². The summed E-state index contributed by atoms with van der Waals surface area (Å²) in [4.78, 5) is 17.4. The number of hydrogen-bond donors (Lipinski definition) is 3. The number of benzene rings is 2. The number of nitrogens with one attached hydrogen (secondary N) is 2. The summed E-state index contributed by atoms with van der Waals surface area (Å²) in [6, 6.07) is 16.9. The standard InChI is InChI=1S/C22H28N4O/c1-15(22(27)23-2)24-13-19(16-9-11-17(12-10-16)26(3)4)20-14-25-21-8-6-5-7-18(20)21/h5-12,14-15,19,24-25H,13H2,1-4H3,(H,23,27)/p+1/t15-,19-/m1/s1. The van der Waals surface area contributed by atoms with E-state index >= 15 is 0 Å². The van der Waals surface area contributed by atoms with Gasteiger partial charge in [0.2, 0.25) is 0 Å². The number of nitrogens with two attached hydrogens (primary N) is 1. The first-order chi connectivity index (χ1) is 13.0. The van der Waals surface area contributed by atoms with Crippen LogP contribution in [0.5, 0.6) is 0 Å². The van der Waals surface area contributed by atoms with Crippen LogP contribution in [0, 0.1) is 0 Å². The van der Waals surface area contributed by atoms with Gasteiger partial charge in [-0.2, -0.15) is 0 Å². The lowest BCUT2D eigenvalue weighted by Gasteiger charge is -2.20. The molecule has 2 aromatic carbocycles. The Labute approximate surface area is 160 Å². The maximum absolute atomic E-state index is 11.9. The van der Waals surface area contributed by atoms with Gasteiger partial charge in [-0.15, -0.1) is 0 Å². The summed E-state index contributed by atoms with van der Waals surface area (Å²) >= 11 is 0. The average molecular weight is 366 g/mol. The zero-order chi connectivity index (χ0) is 19.4. The van der Waals surface area contributed by atoms with Gasteiger partial charge in [0.15, 0.2) is 6.04 Å². The third-order valence-corrected chi connectivity index (χ3v) is 5.19. The van der Waals surface area contributed by atoms with Crippen molar-refractivity contribution < 1.29 is 10.1 Å². The molecule has 1 amide bonds. The van der Waals surface area contributed by atoms with Gasteiger partial charge in [-0.3, -0.25) is 4.79 Å². The Morgan fingerprint density at radius 3 is 2.52 bits per heavy atom. The molecule has 0 aliphatic rings. The molecule has 27 heavy (non-hydrogen) atoms. The van der Waals surface area contributed by atoms with Gasteiger partial charge in [-0.05, 0) is 36.2 Å². The van der Waals surface area contributed by atoms with Gasteiger partial charge < -0.3 is 20.5 Å². The van der Waals surface area contributed by atoms with Crippen molar-refractivity contribution in [2.45, 2.75) is 18.9 Å². The van der Waals surface area contributed by atoms with Gasteiger partial charge >= 0.3 is 0 Å². The molecule has 2 atom stereocenters. The summed E-state index contributed by atoms with van der Waals surface area (Å²) < 4.78 is 0. The minimum atomic E-state index is -0.122. The fourth-order valence-corrected chi connectivity index (χ4v) is 3.50. The molecule has 0 bridgehead atoms. The van der Waals surface area contributed by atoms with Crippen LogP contribution in [0.15, 0.2) is 54.7 Å². The maximum atomic E-state index is 11.9. The third-order valence-electron chi connectivity index (χ3n) is 5.19. The number of quaternary nitrogens is 1. The minimum Gasteiger partial charge on any atom is -0.378 e. The maximum Gasteiger partial charge on any atom is 0.277 e. The molecule has 0 aliphatic heterocycles. The number of carbonyl (C=O) groups is 1. The smallest absolute Gasteiger partial charge is 0.277 e. The molecule has 1 heterocycles. The third kappa shape index (κ3) is 4.14. The number of aromatic amines is 1. The molecule has 3 aromatic rings. The van der Waals surface area contributed by atoms with Gasteiger partial charge in [-0.1, -0.05) is 30.3 Å². The molecule has 5 heteroatoms. The number of nitrogens with zero attached hydrogens (tertiary/aromatic N) is 1. The first-order valence-electron chi connectivity index (χ1n) is 9.39. The fourth-order valence-electron chi connectivity index (χ4n) is 3.50. The summed E-state index contributed by atoms with van der Waals surface area (Å²) in [5, 5.41) is 6.08. The Kier molecular flexibility index (Phi) is 5.81. The van der Waals surface area contributed by atoms with E-state index in [2.05, 4.69) is 69.2 Å². The second-order valence-corrected chi connectivity index (χ2v) is 7.20. The van der Waals surface area contributed by atoms with E-state index in [4.69, 9.17) is 0 Å². The molecule has 0 saturated carbocycles. The predicted octanol–water partition coefficient (Wildman–Crippen LogP) is 2.06. The predicted molar refractivity (Wildman–Crippen MR) is 111 cm³/mol. The summed E-state index contributed by atoms with van der Waals surface area (Å²) in [6.45, 7) is 2.75. The van der Waals surface area contributed by atoms with E-state index in [-0.39, 0.29) is 17.9 Å². The van der Waals surface area contributed by atoms with Crippen molar-refractivity contribution in [1.29, 1.82) is 0 Å². The van der Waals surface area contributed by atoms with Gasteiger partial charge in [0.25, 0.3) is 5.91 Å². The zero-order valence-electron chi connectivity index (χ0n) is 16.5. The number of fused-ring (bicyclic) bond motifs is 1. The highest BCUT2D eigenvalue weighted by atomic mass is 16.2. The van der Waals surface area contributed by atoms with E-state index in [1.54, 1.807) is 7.05 Å². The Bertz CT molecular complexity index is 898. The number of para-hydroxylation sites is 1. The van der Waals surface area contributed by atoms with E-state index in [0.29, 0.717) is 0 Å². The Morgan fingerprint density at radius 2 is 1.85 bits per heavy atom. The highest BCUT2D eigenvalue weighted by molar-refractivity contribution is 5.84. The quantitative estimate of drug-likeness (QED) is 0.600. The number of hydrogen-bond acceptors (Lipinski definition) is 2. The largest absolute Gasteiger partial charge is 0.378 e. The molecular formula is C22H29N4O+. The van der Waals surface area contributed by atoms with E-state index in [9.17, 15) is 4.79 Å². The fraction of sp³-hybridized carbons (Fsp3) is 0.318. The van der Waals surface area contributed by atoms with Crippen molar-refractivity contribution in [3.8, 4) is 0 Å². The van der Waals surface area contributed by atoms with Gasteiger partial charge in [0, 0.05) is 43.9 Å². The molecule has 0 saturated heterocycles. The monoisotopic (exact) mass is 365 g/mol. The Morgan fingerprint density at radius 1 is 1.15 bits per heavy atom. The summed E-state index contributed by atoms with van der Waals surface area (Å²) in [6.07, 6.45) is 2.10. The molecule has 0 radical (unpaired) electrons. The zero-order valence-corrected chi connectivity index (χ0v) is 16.5. The number of amides is 1. The van der Waals surface area contributed by atoms with Crippen molar-refractivity contribution in [3.05, 3.63) is 65.9 Å². The molecule has 142 valence electrons. The molecular weight excluding hydrogens is 336 g/mol. The molecule has 4 N–H and O–H groups in total. The SMILES string of the molecule is CNC(=O)[C@@H](C)[NH2+]C[C@H](c1ccc(N(C)C)cc1)c1c[nH]c2ccccc12. The molecule has 0 aliphatic carbocycles. The number of aromatic nitrogens is 1. The summed E-state index contributed by atoms with van der Waals surface area (Å²) in [5.74, 6) is 0.250. The molecule has 0 fully saturated rings. The van der Waals surface area contributed by atoms with Gasteiger partial charge in [-0.25, -0.2) is 0 Å². The van der Waals surface area contributed by atoms with Crippen LogP contribution in [0.2, 0.25) is 0 Å². The van der Waals surface area contributed by atoms with Crippen LogP contribution in [0.25, 0.3) is 10.9 Å². The van der Waals surface area contributed by atoms with E-state index in [1.807, 2.05) is 27.1 Å². The Balaban J connectivity index is 1.94. The number of anilines is 1. The number of carbonyl (C=O) groups excluding carboxylic acids is 1. The van der Waals surface area contributed by atoms with Crippen LogP contribution in [-0.4, -0.2) is 44.6 Å². The van der Waals surface area contributed by atoms with E-state index in [1.165, 1.54) is 22.2 Å².